The molecule has 0 radical (unpaired) electrons. The third kappa shape index (κ3) is 3.67. The number of anilines is 1. The first-order valence-electron chi connectivity index (χ1n) is 6.07. The molecule has 0 spiro atoms. The van der Waals surface area contributed by atoms with Crippen LogP contribution >= 0.6 is 15.9 Å². The maximum absolute atomic E-state index is 13.2. The highest BCUT2D eigenvalue weighted by molar-refractivity contribution is 9.10. The summed E-state index contributed by atoms with van der Waals surface area (Å²) in [6, 6.07) is 2.45. The van der Waals surface area contributed by atoms with Gasteiger partial charge in [-0.1, -0.05) is 0 Å². The Morgan fingerprint density at radius 2 is 2.16 bits per heavy atom. The van der Waals surface area contributed by atoms with Crippen molar-refractivity contribution in [1.82, 2.24) is 0 Å². The van der Waals surface area contributed by atoms with Gasteiger partial charge in [0.25, 0.3) is 0 Å². The average molecular weight is 332 g/mol. The Labute approximate surface area is 119 Å². The summed E-state index contributed by atoms with van der Waals surface area (Å²) >= 11 is 3.13. The zero-order valence-corrected chi connectivity index (χ0v) is 11.9. The van der Waals surface area contributed by atoms with Crippen LogP contribution in [0.5, 0.6) is 0 Å². The van der Waals surface area contributed by atoms with Crippen LogP contribution in [0.1, 0.15) is 23.2 Å². The highest BCUT2D eigenvalue weighted by atomic mass is 79.9. The molecule has 0 saturated carbocycles. The highest BCUT2D eigenvalue weighted by Crippen LogP contribution is 2.24. The lowest BCUT2D eigenvalue weighted by Crippen LogP contribution is -2.22. The van der Waals surface area contributed by atoms with E-state index in [0.29, 0.717) is 30.2 Å². The van der Waals surface area contributed by atoms with Crippen molar-refractivity contribution >= 4 is 27.6 Å². The average Bonchev–Trinajstić information content (AvgIpc) is 2.41. The number of benzene rings is 1. The molecule has 2 rings (SSSR count). The second-order valence-corrected chi connectivity index (χ2v) is 5.36. The number of carbonyl (C=O) groups excluding carboxylic acids is 1. The molecule has 0 bridgehead atoms. The number of halogens is 2. The summed E-state index contributed by atoms with van der Waals surface area (Å²) in [6.45, 7) is 1.76. The van der Waals surface area contributed by atoms with Gasteiger partial charge in [-0.15, -0.1) is 0 Å². The highest BCUT2D eigenvalue weighted by Gasteiger charge is 2.19. The molecule has 0 amide bonds. The van der Waals surface area contributed by atoms with Crippen LogP contribution in [-0.2, 0) is 9.47 Å². The fraction of sp³-hybridized carbons (Fsp3) is 0.462. The van der Waals surface area contributed by atoms with Crippen molar-refractivity contribution in [3.8, 4) is 0 Å². The monoisotopic (exact) mass is 331 g/mol. The molecular weight excluding hydrogens is 317 g/mol. The van der Waals surface area contributed by atoms with Crippen LogP contribution in [0.15, 0.2) is 16.6 Å². The molecule has 0 aliphatic carbocycles. The van der Waals surface area contributed by atoms with Crippen LogP contribution in [0.4, 0.5) is 10.1 Å². The first-order chi connectivity index (χ1) is 9.08. The van der Waals surface area contributed by atoms with Gasteiger partial charge in [0.15, 0.2) is 0 Å². The van der Waals surface area contributed by atoms with Crippen LogP contribution in [0, 0.1) is 11.7 Å². The Balaban J connectivity index is 1.97. The van der Waals surface area contributed by atoms with Crippen molar-refractivity contribution in [2.45, 2.75) is 12.8 Å². The molecule has 0 unspecified atom stereocenters. The van der Waals surface area contributed by atoms with E-state index in [2.05, 4.69) is 15.9 Å². The van der Waals surface area contributed by atoms with Crippen LogP contribution in [0.25, 0.3) is 0 Å². The van der Waals surface area contributed by atoms with Crippen molar-refractivity contribution in [3.05, 3.63) is 28.0 Å². The van der Waals surface area contributed by atoms with Crippen LogP contribution in [0.2, 0.25) is 0 Å². The van der Waals surface area contributed by atoms with Gasteiger partial charge in [-0.25, -0.2) is 9.18 Å². The number of ether oxygens (including phenoxy) is 2. The van der Waals surface area contributed by atoms with Gasteiger partial charge in [0.1, 0.15) is 5.82 Å². The number of rotatable bonds is 3. The predicted molar refractivity (Wildman–Crippen MR) is 72.3 cm³/mol. The summed E-state index contributed by atoms with van der Waals surface area (Å²) in [5.41, 5.74) is 5.62. The lowest BCUT2D eigenvalue weighted by atomic mass is 10.0. The fourth-order valence-corrected chi connectivity index (χ4v) is 2.38. The molecule has 0 aromatic heterocycles. The van der Waals surface area contributed by atoms with Gasteiger partial charge in [-0.2, -0.15) is 0 Å². The SMILES string of the molecule is Nc1cc(C(=O)OCC2CCOCC2)c(Br)cc1F. The van der Waals surface area contributed by atoms with E-state index in [1.807, 2.05) is 0 Å². The van der Waals surface area contributed by atoms with Crippen molar-refractivity contribution in [3.63, 3.8) is 0 Å². The minimum absolute atomic E-state index is 0.0683. The van der Waals surface area contributed by atoms with E-state index >= 15 is 0 Å². The number of carbonyl (C=O) groups is 1. The Morgan fingerprint density at radius 1 is 1.47 bits per heavy atom. The minimum Gasteiger partial charge on any atom is -0.462 e. The lowest BCUT2D eigenvalue weighted by Gasteiger charge is -2.21. The number of esters is 1. The number of nitrogen functional groups attached to an aromatic ring is 1. The number of hydrogen-bond donors (Lipinski definition) is 1. The molecule has 1 aliphatic heterocycles. The lowest BCUT2D eigenvalue weighted by molar-refractivity contribution is 0.0185. The first kappa shape index (κ1) is 14.3. The van der Waals surface area contributed by atoms with Gasteiger partial charge < -0.3 is 15.2 Å². The molecule has 104 valence electrons. The molecule has 2 N–H and O–H groups in total. The molecule has 1 aliphatic rings. The van der Waals surface area contributed by atoms with Gasteiger partial charge in [-0.05, 0) is 46.8 Å². The molecule has 4 nitrogen and oxygen atoms in total. The summed E-state index contributed by atoms with van der Waals surface area (Å²) in [7, 11) is 0. The number of hydrogen-bond acceptors (Lipinski definition) is 4. The Kier molecular flexibility index (Phi) is 4.76. The maximum Gasteiger partial charge on any atom is 0.339 e. The first-order valence-corrected chi connectivity index (χ1v) is 6.86. The summed E-state index contributed by atoms with van der Waals surface area (Å²) < 4.78 is 24.0. The normalized spacial score (nSPS) is 16.3. The van der Waals surface area contributed by atoms with E-state index in [9.17, 15) is 9.18 Å². The summed E-state index contributed by atoms with van der Waals surface area (Å²) in [6.07, 6.45) is 1.78. The van der Waals surface area contributed by atoms with Gasteiger partial charge in [-0.3, -0.25) is 0 Å². The molecule has 1 fully saturated rings. The fourth-order valence-electron chi connectivity index (χ4n) is 1.91. The Bertz CT molecular complexity index is 475. The molecule has 1 heterocycles. The molecular formula is C13H15BrFNO3. The van der Waals surface area contributed by atoms with Crippen LogP contribution < -0.4 is 5.73 Å². The zero-order valence-electron chi connectivity index (χ0n) is 10.3. The smallest absolute Gasteiger partial charge is 0.339 e. The van der Waals surface area contributed by atoms with Gasteiger partial charge >= 0.3 is 5.97 Å². The maximum atomic E-state index is 13.2. The molecule has 1 aromatic rings. The third-order valence-corrected chi connectivity index (χ3v) is 3.75. The van der Waals surface area contributed by atoms with E-state index in [0.717, 1.165) is 12.8 Å². The number of nitrogens with two attached hydrogens (primary N) is 1. The standard InChI is InChI=1S/C13H15BrFNO3/c14-10-6-11(15)12(16)5-9(10)13(17)19-7-8-1-3-18-4-2-8/h5-6,8H,1-4,7,16H2. The molecule has 6 heteroatoms. The Hall–Kier alpha value is -1.14. The van der Waals surface area contributed by atoms with E-state index in [-0.39, 0.29) is 11.3 Å². The topological polar surface area (TPSA) is 61.6 Å². The van der Waals surface area contributed by atoms with Crippen molar-refractivity contribution in [1.29, 1.82) is 0 Å². The second-order valence-electron chi connectivity index (χ2n) is 4.51. The van der Waals surface area contributed by atoms with Gasteiger partial charge in [0, 0.05) is 17.7 Å². The predicted octanol–water partition coefficient (Wildman–Crippen LogP) is 2.75. The van der Waals surface area contributed by atoms with E-state index in [1.165, 1.54) is 12.1 Å². The summed E-state index contributed by atoms with van der Waals surface area (Å²) in [5, 5.41) is 0. The largest absolute Gasteiger partial charge is 0.462 e. The molecule has 19 heavy (non-hydrogen) atoms. The summed E-state index contributed by atoms with van der Waals surface area (Å²) in [5.74, 6) is -0.729. The second kappa shape index (κ2) is 6.34. The van der Waals surface area contributed by atoms with Crippen molar-refractivity contribution in [2.75, 3.05) is 25.6 Å². The van der Waals surface area contributed by atoms with E-state index in [4.69, 9.17) is 15.2 Å². The summed E-state index contributed by atoms with van der Waals surface area (Å²) in [4.78, 5) is 11.9. The molecule has 1 aromatic carbocycles. The molecule has 0 atom stereocenters. The zero-order chi connectivity index (χ0) is 13.8. The Morgan fingerprint density at radius 3 is 2.84 bits per heavy atom. The van der Waals surface area contributed by atoms with E-state index < -0.39 is 11.8 Å². The van der Waals surface area contributed by atoms with Crippen LogP contribution in [0.3, 0.4) is 0 Å². The van der Waals surface area contributed by atoms with Gasteiger partial charge in [0.05, 0.1) is 17.9 Å². The van der Waals surface area contributed by atoms with Crippen LogP contribution in [-0.4, -0.2) is 25.8 Å². The molecule has 1 saturated heterocycles. The third-order valence-electron chi connectivity index (χ3n) is 3.10. The van der Waals surface area contributed by atoms with Crippen molar-refractivity contribution in [2.24, 2.45) is 5.92 Å². The van der Waals surface area contributed by atoms with Crippen molar-refractivity contribution < 1.29 is 18.7 Å². The van der Waals surface area contributed by atoms with E-state index in [1.54, 1.807) is 0 Å². The van der Waals surface area contributed by atoms with Gasteiger partial charge in [0.2, 0.25) is 0 Å². The minimum atomic E-state index is -0.562. The quantitative estimate of drug-likeness (QED) is 0.683.